The van der Waals surface area contributed by atoms with E-state index in [1.165, 1.54) is 11.8 Å². The van der Waals surface area contributed by atoms with E-state index >= 15 is 0 Å². The van der Waals surface area contributed by atoms with Gasteiger partial charge in [0, 0.05) is 32.0 Å². The van der Waals surface area contributed by atoms with Gasteiger partial charge >= 0.3 is 0 Å². The number of likely N-dealkylation sites (tertiary alicyclic amines) is 1. The van der Waals surface area contributed by atoms with Crippen molar-refractivity contribution in [2.24, 2.45) is 0 Å². The maximum Gasteiger partial charge on any atom is 0.245 e. The first-order valence-corrected chi connectivity index (χ1v) is 6.53. The second-order valence-electron chi connectivity index (χ2n) is 5.51. The summed E-state index contributed by atoms with van der Waals surface area (Å²) in [4.78, 5) is 27.3. The van der Waals surface area contributed by atoms with Gasteiger partial charge in [0.25, 0.3) is 0 Å². The van der Waals surface area contributed by atoms with E-state index in [0.29, 0.717) is 6.42 Å². The fourth-order valence-corrected chi connectivity index (χ4v) is 2.67. The summed E-state index contributed by atoms with van der Waals surface area (Å²) in [6, 6.07) is -0.338. The van der Waals surface area contributed by atoms with E-state index in [1.54, 1.807) is 4.90 Å². The monoisotopic (exact) mass is 256 g/mol. The second kappa shape index (κ2) is 5.69. The van der Waals surface area contributed by atoms with Crippen molar-refractivity contribution in [2.45, 2.75) is 65.3 Å². The molecule has 1 heterocycles. The molecule has 0 bridgehead atoms. The molecular formula is C13H24N2O3. The molecule has 0 aromatic rings. The quantitative estimate of drug-likeness (QED) is 0.805. The minimum absolute atomic E-state index is 0.0632. The van der Waals surface area contributed by atoms with Crippen molar-refractivity contribution in [3.63, 3.8) is 0 Å². The fourth-order valence-electron chi connectivity index (χ4n) is 2.67. The van der Waals surface area contributed by atoms with E-state index in [9.17, 15) is 14.7 Å². The molecule has 0 saturated carbocycles. The Morgan fingerprint density at radius 1 is 1.22 bits per heavy atom. The first-order chi connectivity index (χ1) is 8.25. The zero-order valence-electron chi connectivity index (χ0n) is 11.9. The molecule has 0 radical (unpaired) electrons. The maximum atomic E-state index is 12.5. The number of carbonyl (C=O) groups is 2. The molecule has 1 N–H and O–H groups in total. The zero-order valence-corrected chi connectivity index (χ0v) is 11.9. The molecule has 1 aliphatic heterocycles. The van der Waals surface area contributed by atoms with E-state index < -0.39 is 12.1 Å². The highest BCUT2D eigenvalue weighted by Crippen LogP contribution is 2.22. The van der Waals surface area contributed by atoms with Gasteiger partial charge in [-0.1, -0.05) is 0 Å². The highest BCUT2D eigenvalue weighted by Gasteiger charge is 2.40. The summed E-state index contributed by atoms with van der Waals surface area (Å²) in [6.45, 7) is 9.54. The van der Waals surface area contributed by atoms with Crippen LogP contribution in [0.2, 0.25) is 0 Å². The average molecular weight is 256 g/mol. The van der Waals surface area contributed by atoms with E-state index in [2.05, 4.69) is 0 Å². The molecule has 1 aliphatic rings. The Balaban J connectivity index is 2.90. The standard InChI is InChI=1S/C13H24N2O3/c1-8(2)15(9(3)4)13(18)12-6-11(17)7-14(12)10(5)16/h8-9,11-12,17H,6-7H2,1-5H3/t11-,12?/m1/s1. The minimum Gasteiger partial charge on any atom is -0.391 e. The molecule has 0 aliphatic carbocycles. The van der Waals surface area contributed by atoms with Crippen molar-refractivity contribution in [1.82, 2.24) is 9.80 Å². The van der Waals surface area contributed by atoms with E-state index in [1.807, 2.05) is 27.7 Å². The van der Waals surface area contributed by atoms with Crippen LogP contribution in [0.3, 0.4) is 0 Å². The highest BCUT2D eigenvalue weighted by atomic mass is 16.3. The molecule has 1 rings (SSSR count). The predicted octanol–water partition coefficient (Wildman–Crippen LogP) is 0.613. The number of amides is 2. The van der Waals surface area contributed by atoms with Gasteiger partial charge in [-0.05, 0) is 27.7 Å². The lowest BCUT2D eigenvalue weighted by molar-refractivity contribution is -0.145. The van der Waals surface area contributed by atoms with Gasteiger partial charge in [0.2, 0.25) is 11.8 Å². The van der Waals surface area contributed by atoms with Gasteiger partial charge in [-0.25, -0.2) is 0 Å². The molecule has 5 nitrogen and oxygen atoms in total. The molecule has 0 aromatic heterocycles. The fraction of sp³-hybridized carbons (Fsp3) is 0.846. The first-order valence-electron chi connectivity index (χ1n) is 6.53. The van der Waals surface area contributed by atoms with E-state index in [0.717, 1.165) is 0 Å². The van der Waals surface area contributed by atoms with Crippen molar-refractivity contribution < 1.29 is 14.7 Å². The molecular weight excluding hydrogens is 232 g/mol. The lowest BCUT2D eigenvalue weighted by Crippen LogP contribution is -2.51. The molecule has 2 atom stereocenters. The number of rotatable bonds is 3. The lowest BCUT2D eigenvalue weighted by atomic mass is 10.1. The largest absolute Gasteiger partial charge is 0.391 e. The summed E-state index contributed by atoms with van der Waals surface area (Å²) < 4.78 is 0. The maximum absolute atomic E-state index is 12.5. The topological polar surface area (TPSA) is 60.9 Å². The van der Waals surface area contributed by atoms with Crippen LogP contribution < -0.4 is 0 Å². The Bertz CT molecular complexity index is 320. The Kier molecular flexibility index (Phi) is 4.73. The van der Waals surface area contributed by atoms with Crippen molar-refractivity contribution in [3.05, 3.63) is 0 Å². The van der Waals surface area contributed by atoms with Gasteiger partial charge < -0.3 is 14.9 Å². The van der Waals surface area contributed by atoms with Crippen LogP contribution >= 0.6 is 0 Å². The second-order valence-corrected chi connectivity index (χ2v) is 5.51. The van der Waals surface area contributed by atoms with Crippen LogP contribution in [0.5, 0.6) is 0 Å². The van der Waals surface area contributed by atoms with Gasteiger partial charge in [-0.15, -0.1) is 0 Å². The van der Waals surface area contributed by atoms with Crippen LogP contribution in [0, 0.1) is 0 Å². The number of carbonyl (C=O) groups excluding carboxylic acids is 2. The molecule has 1 fully saturated rings. The number of aliphatic hydroxyl groups excluding tert-OH is 1. The SMILES string of the molecule is CC(=O)N1C[C@H](O)CC1C(=O)N(C(C)C)C(C)C. The minimum atomic E-state index is -0.593. The van der Waals surface area contributed by atoms with Gasteiger partial charge in [0.1, 0.15) is 6.04 Å². The molecule has 104 valence electrons. The number of hydrogen-bond donors (Lipinski definition) is 1. The number of hydrogen-bond acceptors (Lipinski definition) is 3. The molecule has 0 spiro atoms. The van der Waals surface area contributed by atoms with E-state index in [-0.39, 0.29) is 30.4 Å². The molecule has 18 heavy (non-hydrogen) atoms. The summed E-state index contributed by atoms with van der Waals surface area (Å²) in [5, 5.41) is 9.66. The Morgan fingerprint density at radius 2 is 1.72 bits per heavy atom. The predicted molar refractivity (Wildman–Crippen MR) is 68.9 cm³/mol. The molecule has 2 amide bonds. The van der Waals surface area contributed by atoms with Crippen LogP contribution in [0.1, 0.15) is 41.0 Å². The van der Waals surface area contributed by atoms with Gasteiger partial charge in [0.05, 0.1) is 6.10 Å². The van der Waals surface area contributed by atoms with Crippen LogP contribution in [0.4, 0.5) is 0 Å². The average Bonchev–Trinajstić information content (AvgIpc) is 2.59. The zero-order chi connectivity index (χ0) is 14.0. The molecule has 1 saturated heterocycles. The van der Waals surface area contributed by atoms with Crippen LogP contribution in [0.25, 0.3) is 0 Å². The van der Waals surface area contributed by atoms with Crippen molar-refractivity contribution >= 4 is 11.8 Å². The van der Waals surface area contributed by atoms with Crippen molar-refractivity contribution in [2.75, 3.05) is 6.54 Å². The molecule has 1 unspecified atom stereocenters. The third-order valence-electron chi connectivity index (χ3n) is 3.34. The Hall–Kier alpha value is -1.10. The number of β-amino-alcohol motifs (C(OH)–C–C–N with tert-alkyl or cyclic N) is 1. The van der Waals surface area contributed by atoms with Crippen LogP contribution in [-0.4, -0.2) is 57.5 Å². The lowest BCUT2D eigenvalue weighted by Gasteiger charge is -2.35. The van der Waals surface area contributed by atoms with Crippen molar-refractivity contribution in [1.29, 1.82) is 0 Å². The van der Waals surface area contributed by atoms with Gasteiger partial charge in [-0.3, -0.25) is 9.59 Å². The normalized spacial score (nSPS) is 23.9. The molecule has 5 heteroatoms. The first kappa shape index (κ1) is 15.0. The third kappa shape index (κ3) is 3.02. The third-order valence-corrected chi connectivity index (χ3v) is 3.34. The summed E-state index contributed by atoms with van der Waals surface area (Å²) in [7, 11) is 0. The number of aliphatic hydroxyl groups is 1. The smallest absolute Gasteiger partial charge is 0.245 e. The highest BCUT2D eigenvalue weighted by molar-refractivity contribution is 5.88. The Labute approximate surface area is 109 Å². The van der Waals surface area contributed by atoms with Crippen LogP contribution in [-0.2, 0) is 9.59 Å². The number of nitrogens with zero attached hydrogens (tertiary/aromatic N) is 2. The van der Waals surface area contributed by atoms with E-state index in [4.69, 9.17) is 0 Å². The summed E-state index contributed by atoms with van der Waals surface area (Å²) in [5.41, 5.74) is 0. The van der Waals surface area contributed by atoms with Gasteiger partial charge in [-0.2, -0.15) is 0 Å². The van der Waals surface area contributed by atoms with Gasteiger partial charge in [0.15, 0.2) is 0 Å². The summed E-state index contributed by atoms with van der Waals surface area (Å²) >= 11 is 0. The van der Waals surface area contributed by atoms with Crippen molar-refractivity contribution in [3.8, 4) is 0 Å². The Morgan fingerprint density at radius 3 is 2.11 bits per heavy atom. The molecule has 0 aromatic carbocycles. The van der Waals surface area contributed by atoms with Crippen LogP contribution in [0.15, 0.2) is 0 Å². The summed E-state index contributed by atoms with van der Waals surface area (Å²) in [6.07, 6.45) is -0.252. The summed E-state index contributed by atoms with van der Waals surface area (Å²) in [5.74, 6) is -0.218.